The molecule has 118 valence electrons. The van der Waals surface area contributed by atoms with Crippen LogP contribution in [0.15, 0.2) is 41.0 Å². The van der Waals surface area contributed by atoms with Gasteiger partial charge in [-0.1, -0.05) is 0 Å². The normalized spacial score (nSPS) is 16.3. The molecule has 2 heterocycles. The van der Waals surface area contributed by atoms with Gasteiger partial charge in [0, 0.05) is 11.6 Å². The lowest BCUT2D eigenvalue weighted by atomic mass is 10.1. The van der Waals surface area contributed by atoms with Crippen molar-refractivity contribution in [3.8, 4) is 5.75 Å². The van der Waals surface area contributed by atoms with Gasteiger partial charge in [-0.25, -0.2) is 0 Å². The van der Waals surface area contributed by atoms with E-state index in [1.54, 1.807) is 24.5 Å². The molecule has 1 saturated carbocycles. The number of carbonyl (C=O) groups excluding carboxylic acids is 2. The summed E-state index contributed by atoms with van der Waals surface area (Å²) in [4.78, 5) is 26.0. The number of hydrogen-bond acceptors (Lipinski definition) is 4. The maximum Gasteiger partial charge on any atom is 0.262 e. The highest BCUT2D eigenvalue weighted by Gasteiger charge is 2.34. The average molecular weight is 312 g/mol. The molecule has 23 heavy (non-hydrogen) atoms. The molecule has 0 bridgehead atoms. The quantitative estimate of drug-likeness (QED) is 0.941. The van der Waals surface area contributed by atoms with E-state index in [0.29, 0.717) is 23.5 Å². The van der Waals surface area contributed by atoms with E-state index in [2.05, 4.69) is 5.32 Å². The Morgan fingerprint density at radius 3 is 2.91 bits per heavy atom. The third kappa shape index (κ3) is 2.79. The first kappa shape index (κ1) is 13.9. The van der Waals surface area contributed by atoms with E-state index in [1.165, 1.54) is 0 Å². The maximum absolute atomic E-state index is 12.8. The number of carbonyl (C=O) groups is 2. The number of benzene rings is 1. The molecule has 2 aliphatic rings. The minimum atomic E-state index is -0.186. The Balaban J connectivity index is 1.58. The van der Waals surface area contributed by atoms with E-state index in [-0.39, 0.29) is 24.5 Å². The Morgan fingerprint density at radius 2 is 2.17 bits per heavy atom. The van der Waals surface area contributed by atoms with Crippen LogP contribution in [0, 0.1) is 0 Å². The zero-order chi connectivity index (χ0) is 15.8. The molecule has 1 aromatic heterocycles. The van der Waals surface area contributed by atoms with Crippen LogP contribution in [0.2, 0.25) is 0 Å². The number of hydrogen-bond donors (Lipinski definition) is 1. The molecule has 2 aromatic rings. The zero-order valence-electron chi connectivity index (χ0n) is 12.5. The lowest BCUT2D eigenvalue weighted by Crippen LogP contribution is -2.32. The molecule has 0 unspecified atom stereocenters. The Bertz CT molecular complexity index is 750. The first-order valence-corrected chi connectivity index (χ1v) is 7.61. The van der Waals surface area contributed by atoms with Crippen molar-refractivity contribution in [2.45, 2.75) is 25.4 Å². The van der Waals surface area contributed by atoms with E-state index in [4.69, 9.17) is 9.15 Å². The van der Waals surface area contributed by atoms with Gasteiger partial charge in [0.1, 0.15) is 11.5 Å². The van der Waals surface area contributed by atoms with Crippen LogP contribution < -0.4 is 10.1 Å². The van der Waals surface area contributed by atoms with E-state index < -0.39 is 0 Å². The Morgan fingerprint density at radius 1 is 1.30 bits per heavy atom. The van der Waals surface area contributed by atoms with Gasteiger partial charge < -0.3 is 19.4 Å². The summed E-state index contributed by atoms with van der Waals surface area (Å²) in [6.45, 7) is 0.439. The number of nitrogens with one attached hydrogen (secondary N) is 1. The first-order chi connectivity index (χ1) is 11.2. The number of fused-ring (bicyclic) bond motifs is 1. The van der Waals surface area contributed by atoms with Crippen LogP contribution >= 0.6 is 0 Å². The van der Waals surface area contributed by atoms with Crippen molar-refractivity contribution in [3.05, 3.63) is 47.9 Å². The number of rotatable bonds is 4. The zero-order valence-corrected chi connectivity index (χ0v) is 12.5. The standard InChI is InChI=1S/C17H16N2O4/c20-16-10-23-15-8-11(3-6-14(15)18-16)17(21)19(12-4-5-12)9-13-2-1-7-22-13/h1-3,6-8,12H,4-5,9-10H2,(H,18,20). The maximum atomic E-state index is 12.8. The van der Waals surface area contributed by atoms with Crippen molar-refractivity contribution in [1.29, 1.82) is 0 Å². The van der Waals surface area contributed by atoms with Crippen LogP contribution in [0.5, 0.6) is 5.75 Å². The predicted octanol–water partition coefficient (Wildman–Crippen LogP) is 2.42. The summed E-state index contributed by atoms with van der Waals surface area (Å²) >= 11 is 0. The van der Waals surface area contributed by atoms with E-state index in [9.17, 15) is 9.59 Å². The molecule has 0 spiro atoms. The third-order valence-electron chi connectivity index (χ3n) is 4.02. The van der Waals surface area contributed by atoms with E-state index >= 15 is 0 Å². The summed E-state index contributed by atoms with van der Waals surface area (Å²) in [5.74, 6) is 1.07. The molecule has 0 saturated heterocycles. The molecule has 2 amide bonds. The molecular formula is C17H16N2O4. The van der Waals surface area contributed by atoms with Gasteiger partial charge in [-0.15, -0.1) is 0 Å². The van der Waals surface area contributed by atoms with Crippen molar-refractivity contribution in [2.24, 2.45) is 0 Å². The van der Waals surface area contributed by atoms with Crippen molar-refractivity contribution in [3.63, 3.8) is 0 Å². The number of anilines is 1. The third-order valence-corrected chi connectivity index (χ3v) is 4.02. The summed E-state index contributed by atoms with van der Waals surface area (Å²) in [5, 5.41) is 2.72. The summed E-state index contributed by atoms with van der Waals surface area (Å²) in [5.41, 5.74) is 1.15. The summed E-state index contributed by atoms with van der Waals surface area (Å²) < 4.78 is 10.8. The average Bonchev–Trinajstić information content (AvgIpc) is 3.27. The van der Waals surface area contributed by atoms with Crippen LogP contribution in [0.3, 0.4) is 0 Å². The fraction of sp³-hybridized carbons (Fsp3) is 0.294. The van der Waals surface area contributed by atoms with Gasteiger partial charge in [-0.05, 0) is 43.2 Å². The van der Waals surface area contributed by atoms with Gasteiger partial charge in [0.15, 0.2) is 6.61 Å². The Kier molecular flexibility index (Phi) is 3.29. The van der Waals surface area contributed by atoms with Gasteiger partial charge in [-0.2, -0.15) is 0 Å². The lowest BCUT2D eigenvalue weighted by molar-refractivity contribution is -0.118. The lowest BCUT2D eigenvalue weighted by Gasteiger charge is -2.23. The number of nitrogens with zero attached hydrogens (tertiary/aromatic N) is 1. The molecule has 0 atom stereocenters. The fourth-order valence-corrected chi connectivity index (χ4v) is 2.70. The number of ether oxygens (including phenoxy) is 1. The molecule has 1 aliphatic carbocycles. The van der Waals surface area contributed by atoms with Crippen molar-refractivity contribution in [2.75, 3.05) is 11.9 Å². The van der Waals surface area contributed by atoms with Crippen molar-refractivity contribution in [1.82, 2.24) is 4.90 Å². The number of furan rings is 1. The van der Waals surface area contributed by atoms with Gasteiger partial charge in [0.2, 0.25) is 0 Å². The van der Waals surface area contributed by atoms with Gasteiger partial charge in [0.25, 0.3) is 11.8 Å². The molecule has 1 aliphatic heterocycles. The minimum Gasteiger partial charge on any atom is -0.482 e. The van der Waals surface area contributed by atoms with Crippen molar-refractivity contribution < 1.29 is 18.7 Å². The highest BCUT2D eigenvalue weighted by molar-refractivity contribution is 5.99. The molecule has 1 aromatic carbocycles. The van der Waals surface area contributed by atoms with Crippen molar-refractivity contribution >= 4 is 17.5 Å². The van der Waals surface area contributed by atoms with Gasteiger partial charge in [0.05, 0.1) is 18.5 Å². The smallest absolute Gasteiger partial charge is 0.262 e. The number of amides is 2. The summed E-state index contributed by atoms with van der Waals surface area (Å²) in [7, 11) is 0. The molecular weight excluding hydrogens is 296 g/mol. The van der Waals surface area contributed by atoms with E-state index in [1.807, 2.05) is 17.0 Å². The largest absolute Gasteiger partial charge is 0.482 e. The topological polar surface area (TPSA) is 71.8 Å². The summed E-state index contributed by atoms with van der Waals surface area (Å²) in [6.07, 6.45) is 3.65. The van der Waals surface area contributed by atoms with Crippen LogP contribution in [0.1, 0.15) is 29.0 Å². The molecule has 4 rings (SSSR count). The molecule has 6 nitrogen and oxygen atoms in total. The van der Waals surface area contributed by atoms with Crippen LogP contribution in [0.25, 0.3) is 0 Å². The molecule has 1 fully saturated rings. The second kappa shape index (κ2) is 5.46. The van der Waals surface area contributed by atoms with Crippen LogP contribution in [0.4, 0.5) is 5.69 Å². The fourth-order valence-electron chi connectivity index (χ4n) is 2.70. The molecule has 1 N–H and O–H groups in total. The highest BCUT2D eigenvalue weighted by atomic mass is 16.5. The molecule has 0 radical (unpaired) electrons. The van der Waals surface area contributed by atoms with Gasteiger partial charge in [-0.3, -0.25) is 9.59 Å². The van der Waals surface area contributed by atoms with Crippen LogP contribution in [-0.2, 0) is 11.3 Å². The predicted molar refractivity (Wildman–Crippen MR) is 82.2 cm³/mol. The Hall–Kier alpha value is -2.76. The SMILES string of the molecule is O=C1COc2cc(C(=O)N(Cc3ccco3)C3CC3)ccc2N1. The second-order valence-corrected chi connectivity index (χ2v) is 5.79. The van der Waals surface area contributed by atoms with Gasteiger partial charge >= 0.3 is 0 Å². The minimum absolute atomic E-state index is 0.0244. The van der Waals surface area contributed by atoms with Crippen LogP contribution in [-0.4, -0.2) is 29.4 Å². The Labute approximate surface area is 133 Å². The summed E-state index contributed by atoms with van der Waals surface area (Å²) in [6, 6.07) is 9.07. The second-order valence-electron chi connectivity index (χ2n) is 5.79. The van der Waals surface area contributed by atoms with E-state index in [0.717, 1.165) is 18.6 Å². The first-order valence-electron chi connectivity index (χ1n) is 7.61. The monoisotopic (exact) mass is 312 g/mol. The molecule has 6 heteroatoms. The highest BCUT2D eigenvalue weighted by Crippen LogP contribution is 2.33.